The molecule has 3 rings (SSSR count). The fraction of sp³-hybridized carbons (Fsp3) is 0.500. The highest BCUT2D eigenvalue weighted by molar-refractivity contribution is 5.77. The Morgan fingerprint density at radius 2 is 1.33 bits per heavy atom. The molecular formula is C24H33N3. The number of fused-ring (bicyclic) bond motifs is 1. The topological polar surface area (TPSA) is 30.7 Å². The second-order valence-corrected chi connectivity index (χ2v) is 7.54. The van der Waals surface area contributed by atoms with Crippen LogP contribution in [-0.4, -0.2) is 15.0 Å². The molecule has 3 aromatic rings. The molecule has 0 aliphatic heterocycles. The average molecular weight is 364 g/mol. The molecule has 3 nitrogen and oxygen atoms in total. The number of rotatable bonds is 12. The number of aromatic nitrogens is 3. The fourth-order valence-electron chi connectivity index (χ4n) is 3.67. The first-order valence-corrected chi connectivity index (χ1v) is 10.8. The molecule has 0 N–H and O–H groups in total. The molecule has 0 saturated carbocycles. The molecule has 0 unspecified atom stereocenters. The lowest BCUT2D eigenvalue weighted by molar-refractivity contribution is 0.556. The maximum atomic E-state index is 4.75. The van der Waals surface area contributed by atoms with E-state index in [1.165, 1.54) is 69.8 Å². The van der Waals surface area contributed by atoms with Crippen LogP contribution in [0.4, 0.5) is 0 Å². The van der Waals surface area contributed by atoms with Crippen molar-refractivity contribution in [2.24, 2.45) is 0 Å². The molecule has 27 heavy (non-hydrogen) atoms. The molecule has 1 heterocycles. The van der Waals surface area contributed by atoms with Gasteiger partial charge in [-0.25, -0.2) is 0 Å². The number of aryl methyl sites for hydroxylation is 1. The highest BCUT2D eigenvalue weighted by Gasteiger charge is 2.08. The molecule has 0 atom stereocenters. The minimum absolute atomic E-state index is 0.989. The van der Waals surface area contributed by atoms with E-state index in [1.54, 1.807) is 4.80 Å². The van der Waals surface area contributed by atoms with Gasteiger partial charge in [-0.05, 0) is 36.6 Å². The van der Waals surface area contributed by atoms with Gasteiger partial charge in [-0.1, -0.05) is 95.0 Å². The Labute approximate surface area is 163 Å². The molecule has 0 aliphatic rings. The van der Waals surface area contributed by atoms with Gasteiger partial charge in [0.2, 0.25) is 0 Å². The number of hydrogen-bond donors (Lipinski definition) is 0. The second-order valence-electron chi connectivity index (χ2n) is 7.54. The predicted molar refractivity (Wildman–Crippen MR) is 114 cm³/mol. The minimum atomic E-state index is 0.989. The van der Waals surface area contributed by atoms with Crippen molar-refractivity contribution in [3.63, 3.8) is 0 Å². The Bertz CT molecular complexity index is 792. The van der Waals surface area contributed by atoms with Crippen molar-refractivity contribution in [1.29, 1.82) is 0 Å². The quantitative estimate of drug-likeness (QED) is 0.328. The van der Waals surface area contributed by atoms with Crippen LogP contribution in [-0.2, 0) is 6.42 Å². The van der Waals surface area contributed by atoms with Crippen molar-refractivity contribution in [3.05, 3.63) is 54.1 Å². The summed E-state index contributed by atoms with van der Waals surface area (Å²) in [6.45, 7) is 2.28. The van der Waals surface area contributed by atoms with Crippen LogP contribution in [0.2, 0.25) is 0 Å². The molecular weight excluding hydrogens is 330 g/mol. The van der Waals surface area contributed by atoms with Crippen molar-refractivity contribution < 1.29 is 0 Å². The Kier molecular flexibility index (Phi) is 7.88. The normalized spacial score (nSPS) is 11.3. The van der Waals surface area contributed by atoms with Crippen LogP contribution in [0.3, 0.4) is 0 Å². The van der Waals surface area contributed by atoms with E-state index >= 15 is 0 Å². The Hall–Kier alpha value is -2.16. The van der Waals surface area contributed by atoms with E-state index < -0.39 is 0 Å². The lowest BCUT2D eigenvalue weighted by atomic mass is 10.0. The lowest BCUT2D eigenvalue weighted by Crippen LogP contribution is -1.97. The monoisotopic (exact) mass is 363 g/mol. The molecule has 0 spiro atoms. The van der Waals surface area contributed by atoms with Gasteiger partial charge < -0.3 is 0 Å². The smallest absolute Gasteiger partial charge is 0.116 e. The van der Waals surface area contributed by atoms with Gasteiger partial charge >= 0.3 is 0 Å². The molecule has 2 aromatic carbocycles. The summed E-state index contributed by atoms with van der Waals surface area (Å²) in [5.74, 6) is 0. The van der Waals surface area contributed by atoms with E-state index in [-0.39, 0.29) is 0 Å². The highest BCUT2D eigenvalue weighted by atomic mass is 15.5. The number of unbranched alkanes of at least 4 members (excludes halogenated alkanes) is 9. The zero-order chi connectivity index (χ0) is 18.7. The van der Waals surface area contributed by atoms with Gasteiger partial charge in [-0.15, -0.1) is 10.2 Å². The van der Waals surface area contributed by atoms with Crippen LogP contribution in [0.25, 0.3) is 16.7 Å². The van der Waals surface area contributed by atoms with Gasteiger partial charge in [0.05, 0.1) is 5.69 Å². The molecule has 0 aliphatic carbocycles. The number of para-hydroxylation sites is 1. The van der Waals surface area contributed by atoms with E-state index in [0.717, 1.165) is 23.1 Å². The van der Waals surface area contributed by atoms with Crippen LogP contribution in [0.15, 0.2) is 48.5 Å². The zero-order valence-corrected chi connectivity index (χ0v) is 16.7. The maximum Gasteiger partial charge on any atom is 0.116 e. The van der Waals surface area contributed by atoms with Gasteiger partial charge in [-0.2, -0.15) is 4.80 Å². The van der Waals surface area contributed by atoms with Gasteiger partial charge in [0.1, 0.15) is 11.0 Å². The predicted octanol–water partition coefficient (Wildman–Crippen LogP) is 6.88. The standard InChI is InChI=1S/C24H33N3/c1-2-3-4-5-6-7-8-9-10-12-16-21-17-15-20-23-24(21)26-27(25-23)22-18-13-11-14-19-22/h11,13-15,17-20H,2-10,12,16H2,1H3. The Balaban J connectivity index is 1.45. The maximum absolute atomic E-state index is 4.75. The number of benzene rings is 2. The molecule has 0 bridgehead atoms. The SMILES string of the molecule is CCCCCCCCCCCCc1cccc2nn(-c3ccccc3)nc12. The van der Waals surface area contributed by atoms with E-state index in [2.05, 4.69) is 30.2 Å². The van der Waals surface area contributed by atoms with Crippen molar-refractivity contribution in [1.82, 2.24) is 15.0 Å². The molecule has 1 aromatic heterocycles. The first-order chi connectivity index (χ1) is 13.4. The average Bonchev–Trinajstić information content (AvgIpc) is 3.15. The summed E-state index contributed by atoms with van der Waals surface area (Å²) in [4.78, 5) is 1.76. The van der Waals surface area contributed by atoms with Crippen molar-refractivity contribution in [2.75, 3.05) is 0 Å². The summed E-state index contributed by atoms with van der Waals surface area (Å²) in [5, 5.41) is 9.40. The fourth-order valence-corrected chi connectivity index (χ4v) is 3.67. The third kappa shape index (κ3) is 5.92. The summed E-state index contributed by atoms with van der Waals surface area (Å²) < 4.78 is 0. The third-order valence-corrected chi connectivity index (χ3v) is 5.28. The van der Waals surface area contributed by atoms with Crippen LogP contribution >= 0.6 is 0 Å². The summed E-state index contributed by atoms with van der Waals surface area (Å²) in [5.41, 5.74) is 4.38. The van der Waals surface area contributed by atoms with Crippen LogP contribution < -0.4 is 0 Å². The zero-order valence-electron chi connectivity index (χ0n) is 16.7. The number of nitrogens with zero attached hydrogens (tertiary/aromatic N) is 3. The van der Waals surface area contributed by atoms with E-state index in [4.69, 9.17) is 5.10 Å². The molecule has 3 heteroatoms. The first-order valence-electron chi connectivity index (χ1n) is 10.8. The summed E-state index contributed by atoms with van der Waals surface area (Å²) in [6.07, 6.45) is 14.8. The van der Waals surface area contributed by atoms with Crippen LogP contribution in [0.1, 0.15) is 76.7 Å². The Morgan fingerprint density at radius 1 is 0.667 bits per heavy atom. The number of hydrogen-bond acceptors (Lipinski definition) is 2. The summed E-state index contributed by atoms with van der Waals surface area (Å²) >= 11 is 0. The molecule has 0 saturated heterocycles. The van der Waals surface area contributed by atoms with Crippen LogP contribution in [0, 0.1) is 0 Å². The van der Waals surface area contributed by atoms with E-state index in [0.29, 0.717) is 0 Å². The van der Waals surface area contributed by atoms with Crippen molar-refractivity contribution in [2.45, 2.75) is 77.6 Å². The molecule has 0 radical (unpaired) electrons. The second kappa shape index (κ2) is 10.9. The molecule has 144 valence electrons. The highest BCUT2D eigenvalue weighted by Crippen LogP contribution is 2.19. The molecule has 0 fully saturated rings. The Morgan fingerprint density at radius 3 is 2.04 bits per heavy atom. The largest absolute Gasteiger partial charge is 0.150 e. The van der Waals surface area contributed by atoms with Gasteiger partial charge in [-0.3, -0.25) is 0 Å². The van der Waals surface area contributed by atoms with Gasteiger partial charge in [0, 0.05) is 0 Å². The van der Waals surface area contributed by atoms with Gasteiger partial charge in [0.15, 0.2) is 0 Å². The minimum Gasteiger partial charge on any atom is -0.150 e. The summed E-state index contributed by atoms with van der Waals surface area (Å²) in [7, 11) is 0. The lowest BCUT2D eigenvalue weighted by Gasteiger charge is -2.03. The summed E-state index contributed by atoms with van der Waals surface area (Å²) in [6, 6.07) is 16.5. The first kappa shape index (κ1) is 19.6. The van der Waals surface area contributed by atoms with Crippen LogP contribution in [0.5, 0.6) is 0 Å². The van der Waals surface area contributed by atoms with Crippen molar-refractivity contribution in [3.8, 4) is 5.69 Å². The third-order valence-electron chi connectivity index (χ3n) is 5.28. The van der Waals surface area contributed by atoms with E-state index in [9.17, 15) is 0 Å². The molecule has 0 amide bonds. The van der Waals surface area contributed by atoms with E-state index in [1.807, 2.05) is 30.3 Å². The van der Waals surface area contributed by atoms with Gasteiger partial charge in [0.25, 0.3) is 0 Å². The van der Waals surface area contributed by atoms with Crippen molar-refractivity contribution >= 4 is 11.0 Å².